The zero-order valence-corrected chi connectivity index (χ0v) is 10.3. The van der Waals surface area contributed by atoms with E-state index in [1.54, 1.807) is 22.9 Å². The highest BCUT2D eigenvalue weighted by Gasteiger charge is 2.05. The van der Waals surface area contributed by atoms with Crippen LogP contribution in [0.3, 0.4) is 0 Å². The van der Waals surface area contributed by atoms with Crippen LogP contribution < -0.4 is 5.32 Å². The topological polar surface area (TPSA) is 50.1 Å². The van der Waals surface area contributed by atoms with Gasteiger partial charge in [0.15, 0.2) is 0 Å². The molecule has 4 nitrogen and oxygen atoms in total. The predicted molar refractivity (Wildman–Crippen MR) is 66.9 cm³/mol. The maximum atomic E-state index is 9.65. The number of aromatic nitrogens is 2. The summed E-state index contributed by atoms with van der Waals surface area (Å²) in [6.07, 6.45) is 1.89. The molecule has 0 saturated carbocycles. The first-order valence-corrected chi connectivity index (χ1v) is 5.70. The van der Waals surface area contributed by atoms with Gasteiger partial charge in [-0.2, -0.15) is 5.10 Å². The summed E-state index contributed by atoms with van der Waals surface area (Å²) in [6, 6.07) is 7.06. The lowest BCUT2D eigenvalue weighted by atomic mass is 10.2. The van der Waals surface area contributed by atoms with E-state index in [0.717, 1.165) is 5.69 Å². The van der Waals surface area contributed by atoms with Gasteiger partial charge in [-0.3, -0.25) is 4.68 Å². The number of aryl methyl sites for hydroxylation is 1. The van der Waals surface area contributed by atoms with Crippen molar-refractivity contribution in [3.8, 4) is 5.75 Å². The summed E-state index contributed by atoms with van der Waals surface area (Å²) < 4.78 is 1.75. The van der Waals surface area contributed by atoms with E-state index in [1.165, 1.54) is 0 Å². The third-order valence-corrected chi connectivity index (χ3v) is 2.82. The van der Waals surface area contributed by atoms with Gasteiger partial charge in [0.05, 0.1) is 5.69 Å². The summed E-state index contributed by atoms with van der Waals surface area (Å²) in [4.78, 5) is 0. The highest BCUT2D eigenvalue weighted by atomic mass is 35.5. The fraction of sp³-hybridized carbons (Fsp3) is 0.250. The van der Waals surface area contributed by atoms with Crippen LogP contribution in [0.2, 0.25) is 5.02 Å². The summed E-state index contributed by atoms with van der Waals surface area (Å²) in [5.74, 6) is 0.214. The van der Waals surface area contributed by atoms with Gasteiger partial charge in [0, 0.05) is 36.9 Å². The molecule has 0 atom stereocenters. The molecule has 0 radical (unpaired) electrons. The summed E-state index contributed by atoms with van der Waals surface area (Å²) in [7, 11) is 1.88. The molecule has 0 unspecified atom stereocenters. The zero-order chi connectivity index (χ0) is 12.3. The molecule has 0 aliphatic heterocycles. The molecule has 0 bridgehead atoms. The molecule has 90 valence electrons. The SMILES string of the molecule is Cn1ccc(CNCc2c(O)cccc2Cl)n1. The first-order chi connectivity index (χ1) is 8.16. The van der Waals surface area contributed by atoms with Gasteiger partial charge < -0.3 is 10.4 Å². The second-order valence-electron chi connectivity index (χ2n) is 3.82. The average molecular weight is 252 g/mol. The Balaban J connectivity index is 1.94. The van der Waals surface area contributed by atoms with Gasteiger partial charge in [0.2, 0.25) is 0 Å². The number of halogens is 1. The Morgan fingerprint density at radius 3 is 2.82 bits per heavy atom. The van der Waals surface area contributed by atoms with Crippen molar-refractivity contribution in [1.29, 1.82) is 0 Å². The fourth-order valence-electron chi connectivity index (χ4n) is 1.60. The Kier molecular flexibility index (Phi) is 3.66. The van der Waals surface area contributed by atoms with Crippen LogP contribution >= 0.6 is 11.6 Å². The van der Waals surface area contributed by atoms with Gasteiger partial charge in [0.25, 0.3) is 0 Å². The molecule has 0 aliphatic rings. The fourth-order valence-corrected chi connectivity index (χ4v) is 1.83. The first-order valence-electron chi connectivity index (χ1n) is 5.32. The van der Waals surface area contributed by atoms with E-state index in [0.29, 0.717) is 23.7 Å². The lowest BCUT2D eigenvalue weighted by Crippen LogP contribution is -2.13. The Morgan fingerprint density at radius 2 is 2.18 bits per heavy atom. The summed E-state index contributed by atoms with van der Waals surface area (Å²) in [6.45, 7) is 1.16. The molecule has 0 spiro atoms. The third-order valence-electron chi connectivity index (χ3n) is 2.47. The monoisotopic (exact) mass is 251 g/mol. The Hall–Kier alpha value is -1.52. The van der Waals surface area contributed by atoms with Gasteiger partial charge in [-0.05, 0) is 18.2 Å². The van der Waals surface area contributed by atoms with Crippen molar-refractivity contribution in [1.82, 2.24) is 15.1 Å². The molecular weight excluding hydrogens is 238 g/mol. The molecule has 2 rings (SSSR count). The lowest BCUT2D eigenvalue weighted by Gasteiger charge is -2.07. The average Bonchev–Trinajstić information content (AvgIpc) is 2.69. The quantitative estimate of drug-likeness (QED) is 0.875. The molecule has 17 heavy (non-hydrogen) atoms. The number of rotatable bonds is 4. The van der Waals surface area contributed by atoms with E-state index in [9.17, 15) is 5.11 Å². The number of benzene rings is 1. The number of hydrogen-bond acceptors (Lipinski definition) is 3. The van der Waals surface area contributed by atoms with Crippen LogP contribution in [0.1, 0.15) is 11.3 Å². The van der Waals surface area contributed by atoms with E-state index < -0.39 is 0 Å². The number of phenolic OH excluding ortho intramolecular Hbond substituents is 1. The van der Waals surface area contributed by atoms with E-state index in [2.05, 4.69) is 10.4 Å². The molecule has 1 heterocycles. The molecule has 1 aromatic carbocycles. The highest BCUT2D eigenvalue weighted by molar-refractivity contribution is 6.31. The Labute approximate surface area is 105 Å². The molecule has 1 aromatic heterocycles. The first kappa shape index (κ1) is 12.0. The predicted octanol–water partition coefficient (Wildman–Crippen LogP) is 2.07. The van der Waals surface area contributed by atoms with E-state index >= 15 is 0 Å². The second-order valence-corrected chi connectivity index (χ2v) is 4.23. The summed E-state index contributed by atoms with van der Waals surface area (Å²) in [5, 5.41) is 17.7. The largest absolute Gasteiger partial charge is 0.508 e. The van der Waals surface area contributed by atoms with E-state index in [-0.39, 0.29) is 5.75 Å². The maximum Gasteiger partial charge on any atom is 0.121 e. The van der Waals surface area contributed by atoms with E-state index in [1.807, 2.05) is 19.3 Å². The number of phenols is 1. The Morgan fingerprint density at radius 1 is 1.35 bits per heavy atom. The summed E-state index contributed by atoms with van der Waals surface area (Å²) >= 11 is 6.00. The van der Waals surface area contributed by atoms with Crippen LogP contribution in [-0.4, -0.2) is 14.9 Å². The van der Waals surface area contributed by atoms with E-state index in [4.69, 9.17) is 11.6 Å². The molecule has 0 aliphatic carbocycles. The van der Waals surface area contributed by atoms with Crippen molar-refractivity contribution >= 4 is 11.6 Å². The van der Waals surface area contributed by atoms with Crippen LogP contribution in [0.15, 0.2) is 30.5 Å². The van der Waals surface area contributed by atoms with Crippen LogP contribution in [0, 0.1) is 0 Å². The van der Waals surface area contributed by atoms with Gasteiger partial charge in [-0.1, -0.05) is 17.7 Å². The van der Waals surface area contributed by atoms with Crippen LogP contribution in [0.5, 0.6) is 5.75 Å². The highest BCUT2D eigenvalue weighted by Crippen LogP contribution is 2.24. The van der Waals surface area contributed by atoms with Gasteiger partial charge in [-0.15, -0.1) is 0 Å². The summed E-state index contributed by atoms with van der Waals surface area (Å²) in [5.41, 5.74) is 1.67. The van der Waals surface area contributed by atoms with Crippen LogP contribution in [-0.2, 0) is 20.1 Å². The number of aromatic hydroxyl groups is 1. The minimum absolute atomic E-state index is 0.214. The van der Waals surface area contributed by atoms with Crippen molar-refractivity contribution in [3.05, 3.63) is 46.7 Å². The number of hydrogen-bond donors (Lipinski definition) is 2. The molecule has 0 amide bonds. The van der Waals surface area contributed by atoms with Gasteiger partial charge in [0.1, 0.15) is 5.75 Å². The molecule has 5 heteroatoms. The lowest BCUT2D eigenvalue weighted by molar-refractivity contribution is 0.464. The van der Waals surface area contributed by atoms with Crippen LogP contribution in [0.4, 0.5) is 0 Å². The Bertz CT molecular complexity index is 490. The van der Waals surface area contributed by atoms with Crippen molar-refractivity contribution in [2.75, 3.05) is 0 Å². The maximum absolute atomic E-state index is 9.65. The normalized spacial score (nSPS) is 10.7. The van der Waals surface area contributed by atoms with Crippen molar-refractivity contribution in [2.45, 2.75) is 13.1 Å². The molecule has 0 fully saturated rings. The molecule has 2 aromatic rings. The number of nitrogens with one attached hydrogen (secondary N) is 1. The number of nitrogens with zero attached hydrogens (tertiary/aromatic N) is 2. The van der Waals surface area contributed by atoms with Crippen molar-refractivity contribution < 1.29 is 5.11 Å². The van der Waals surface area contributed by atoms with Crippen LogP contribution in [0.25, 0.3) is 0 Å². The molecule has 0 saturated heterocycles. The second kappa shape index (κ2) is 5.21. The third kappa shape index (κ3) is 2.99. The van der Waals surface area contributed by atoms with Crippen molar-refractivity contribution in [2.24, 2.45) is 7.05 Å². The van der Waals surface area contributed by atoms with Gasteiger partial charge >= 0.3 is 0 Å². The van der Waals surface area contributed by atoms with Crippen molar-refractivity contribution in [3.63, 3.8) is 0 Å². The smallest absolute Gasteiger partial charge is 0.121 e. The molecule has 2 N–H and O–H groups in total. The molecular formula is C12H14ClN3O. The zero-order valence-electron chi connectivity index (χ0n) is 9.52. The minimum atomic E-state index is 0.214. The standard InChI is InChI=1S/C12H14ClN3O/c1-16-6-5-9(15-16)7-14-8-10-11(13)3-2-4-12(10)17/h2-6,14,17H,7-8H2,1H3. The minimum Gasteiger partial charge on any atom is -0.508 e. The van der Waals surface area contributed by atoms with Gasteiger partial charge in [-0.25, -0.2) is 0 Å².